The van der Waals surface area contributed by atoms with E-state index in [0.717, 1.165) is 48.2 Å². The van der Waals surface area contributed by atoms with Gasteiger partial charge in [-0.3, -0.25) is 0 Å². The molecule has 3 heteroatoms. The second-order valence-electron chi connectivity index (χ2n) is 20.8. The molecule has 0 bridgehead atoms. The van der Waals surface area contributed by atoms with E-state index in [4.69, 9.17) is 0 Å². The number of hydrogen-bond donors (Lipinski definition) is 0. The summed E-state index contributed by atoms with van der Waals surface area (Å²) in [6.07, 6.45) is 65.1. The van der Waals surface area contributed by atoms with Gasteiger partial charge < -0.3 is 19.4 Å². The zero-order valence-corrected chi connectivity index (χ0v) is 47.5. The van der Waals surface area contributed by atoms with E-state index in [1.54, 1.807) is 0 Å². The third kappa shape index (κ3) is 39.3. The Morgan fingerprint density at radius 2 is 0.565 bits per heavy atom. The first-order valence-electron chi connectivity index (χ1n) is 30.2. The maximum absolute atomic E-state index is 10.9. The maximum Gasteiger partial charge on any atom is 2.00 e. The van der Waals surface area contributed by atoms with E-state index in [-0.39, 0.29) is 16.5 Å². The molecule has 69 heavy (non-hydrogen) atoms. The minimum Gasteiger partial charge on any atom is -0.493 e. The molecule has 2 aromatic carbocycles. The van der Waals surface area contributed by atoms with Crippen molar-refractivity contribution in [3.05, 3.63) is 102 Å². The number of rotatable bonds is 44. The van der Waals surface area contributed by atoms with Crippen LogP contribution in [0.5, 0.6) is 0 Å². The van der Waals surface area contributed by atoms with Gasteiger partial charge in [0.2, 0.25) is 11.4 Å². The summed E-state index contributed by atoms with van der Waals surface area (Å²) < 4.78 is 1.35. The fraction of sp³-hybridized carbons (Fsp3) is 0.727. The van der Waals surface area contributed by atoms with Gasteiger partial charge in [0.15, 0.2) is 0 Å². The molecule has 0 radical (unpaired) electrons. The van der Waals surface area contributed by atoms with Gasteiger partial charge in [0.1, 0.15) is 0 Å². The number of unbranched alkanes of at least 4 members (excludes halogenated alkanes) is 38. The molecule has 0 N–H and O–H groups in total. The number of benzene rings is 2. The summed E-state index contributed by atoms with van der Waals surface area (Å²) in [6, 6.07) is 17.2. The van der Waals surface area contributed by atoms with Gasteiger partial charge in [-0.25, -0.2) is 4.70 Å². The van der Waals surface area contributed by atoms with Crippen molar-refractivity contribution in [3.63, 3.8) is 0 Å². The number of allylic oxidation sites excluding steroid dienone is 2. The van der Waals surface area contributed by atoms with Crippen LogP contribution < -0.4 is 0 Å². The molecule has 0 aliphatic carbocycles. The largest absolute Gasteiger partial charge is 2.00 e. The van der Waals surface area contributed by atoms with E-state index in [1.165, 1.54) is 273 Å². The van der Waals surface area contributed by atoms with E-state index in [1.807, 2.05) is 12.2 Å². The molecule has 0 fully saturated rings. The van der Waals surface area contributed by atoms with Crippen molar-refractivity contribution < 1.29 is 21.2 Å². The minimum absolute atomic E-state index is 0. The van der Waals surface area contributed by atoms with E-state index >= 15 is 0 Å². The van der Waals surface area contributed by atoms with Crippen LogP contribution in [0.15, 0.2) is 60.7 Å². The third-order valence-electron chi connectivity index (χ3n) is 14.1. The molecule has 2 aromatic rings. The van der Waals surface area contributed by atoms with Crippen LogP contribution in [0.1, 0.15) is 320 Å². The van der Waals surface area contributed by atoms with E-state index in [9.17, 15) is 5.53 Å². The van der Waals surface area contributed by atoms with Crippen LogP contribution in [0.25, 0.3) is 16.9 Å². The number of hydrogen-bond acceptors (Lipinski definition) is 0. The summed E-state index contributed by atoms with van der Waals surface area (Å²) in [5.74, 6) is 0. The second-order valence-corrected chi connectivity index (χ2v) is 20.8. The smallest absolute Gasteiger partial charge is 0.493 e. The molecule has 0 spiro atoms. The van der Waals surface area contributed by atoms with Gasteiger partial charge in [-0.15, -0.1) is 0 Å². The first-order chi connectivity index (χ1) is 33.6. The number of aryl methyl sites for hydroxylation is 2. The monoisotopic (exact) mass is 993 g/mol. The summed E-state index contributed by atoms with van der Waals surface area (Å²) in [4.78, 5) is 0. The Labute approximate surface area is 442 Å². The van der Waals surface area contributed by atoms with Crippen LogP contribution in [0, 0.1) is 13.8 Å². The molecule has 1 aliphatic heterocycles. The summed E-state index contributed by atoms with van der Waals surface area (Å²) in [7, 11) is 0. The predicted molar refractivity (Wildman–Crippen MR) is 307 cm³/mol. The molecule has 0 aromatic heterocycles. The van der Waals surface area contributed by atoms with Crippen molar-refractivity contribution in [1.82, 2.24) is 0 Å². The molecule has 0 saturated heterocycles. The molecule has 0 atom stereocenters. The molecule has 2 nitrogen and oxygen atoms in total. The van der Waals surface area contributed by atoms with Crippen LogP contribution in [-0.2, 0) is 29.3 Å². The molecule has 3 rings (SSSR count). The van der Waals surface area contributed by atoms with Gasteiger partial charge in [0.05, 0.1) is 0 Å². The average molecular weight is 994 g/mol. The van der Waals surface area contributed by atoms with Gasteiger partial charge in [-0.05, 0) is 61.1 Å². The zero-order chi connectivity index (χ0) is 49.2. The maximum atomic E-state index is 10.9. The second kappa shape index (κ2) is 52.3. The van der Waals surface area contributed by atoms with Crippen molar-refractivity contribution in [1.29, 1.82) is 0 Å². The van der Waals surface area contributed by atoms with Crippen molar-refractivity contribution in [2.45, 2.75) is 310 Å². The standard InChI is InChI=1S/C28H36N2.2C19H39.Ni/c1-3-5-7-9-13-23-15-11-17-25(21-23)27-19-20-28(30(27)29)26-18-12-16-24(22-26)14-10-8-6-4-2;2*1-3-5-7-9-11-13-15-17-19-18-16-14-12-10-8-6-4-2;/h11-12,15-22H,3-10,13-14H2,1-2H3;2*1,3-19H2,2H3;/q;2*-1;+2. The van der Waals surface area contributed by atoms with Crippen LogP contribution in [0.4, 0.5) is 0 Å². The molecule has 0 saturated carbocycles. The topological polar surface area (TPSA) is 25.3 Å². The summed E-state index contributed by atoms with van der Waals surface area (Å²) in [5.41, 5.74) is 17.5. The Balaban J connectivity index is 0.00000105. The van der Waals surface area contributed by atoms with Crippen LogP contribution >= 0.6 is 0 Å². The third-order valence-corrected chi connectivity index (χ3v) is 14.1. The Hall–Kier alpha value is -1.99. The van der Waals surface area contributed by atoms with Gasteiger partial charge in [-0.2, -0.15) is 12.8 Å². The minimum atomic E-state index is 0. The van der Waals surface area contributed by atoms with Gasteiger partial charge in [0.25, 0.3) is 0 Å². The number of nitrogens with zero attached hydrogens (tertiary/aromatic N) is 2. The Morgan fingerprint density at radius 1 is 0.333 bits per heavy atom. The molecular formula is C66H114N2Ni. The fourth-order valence-corrected chi connectivity index (χ4v) is 9.60. The Morgan fingerprint density at radius 3 is 0.812 bits per heavy atom. The quantitative estimate of drug-likeness (QED) is 0.0274. The first-order valence-corrected chi connectivity index (χ1v) is 30.2. The van der Waals surface area contributed by atoms with E-state index in [0.29, 0.717) is 0 Å². The van der Waals surface area contributed by atoms with Crippen molar-refractivity contribution in [2.24, 2.45) is 0 Å². The van der Waals surface area contributed by atoms with E-state index in [2.05, 4.69) is 90.1 Å². The van der Waals surface area contributed by atoms with E-state index < -0.39 is 0 Å². The molecule has 398 valence electrons. The zero-order valence-electron chi connectivity index (χ0n) is 46.5. The van der Waals surface area contributed by atoms with Crippen molar-refractivity contribution >= 4 is 11.4 Å². The average Bonchev–Trinajstić information content (AvgIpc) is 3.75. The first kappa shape index (κ1) is 67.0. The molecule has 1 aliphatic rings. The molecule has 1 heterocycles. The molecule has 0 amide bonds. The fourth-order valence-electron chi connectivity index (χ4n) is 9.60. The predicted octanol–water partition coefficient (Wildman–Crippen LogP) is 23.3. The van der Waals surface area contributed by atoms with Gasteiger partial charge >= 0.3 is 16.5 Å². The summed E-state index contributed by atoms with van der Waals surface area (Å²) >= 11 is 0. The van der Waals surface area contributed by atoms with Crippen LogP contribution in [0.3, 0.4) is 0 Å². The van der Waals surface area contributed by atoms with Crippen LogP contribution in [0.2, 0.25) is 0 Å². The molecule has 0 unspecified atom stereocenters. The van der Waals surface area contributed by atoms with Crippen molar-refractivity contribution in [3.8, 4) is 0 Å². The Kier molecular flexibility index (Phi) is 50.8. The molecular weight excluding hydrogens is 879 g/mol. The van der Waals surface area contributed by atoms with Gasteiger partial charge in [-0.1, -0.05) is 296 Å². The van der Waals surface area contributed by atoms with Gasteiger partial charge in [0, 0.05) is 23.3 Å². The SMILES string of the molecule is CCCCCCc1cccc(C2=CC=C(c3cccc(CCCCCC)c3)[N+]2=[N-])c1.[CH2-]CCCCCCCCCCCCCCCCCC.[CH2-]CCCCCCCCCCCCCCCCCC.[Ni+2]. The summed E-state index contributed by atoms with van der Waals surface area (Å²) in [5, 5.41) is 0. The summed E-state index contributed by atoms with van der Waals surface area (Å²) in [6.45, 7) is 16.9. The normalized spacial score (nSPS) is 11.9. The van der Waals surface area contributed by atoms with Crippen molar-refractivity contribution in [2.75, 3.05) is 0 Å². The van der Waals surface area contributed by atoms with Crippen LogP contribution in [-0.4, -0.2) is 4.70 Å². The Bertz CT molecular complexity index is 1320.